The molecular formula is C12H27N. The summed E-state index contributed by atoms with van der Waals surface area (Å²) in [6.45, 7) is 5.90. The van der Waals surface area contributed by atoms with Gasteiger partial charge in [-0.25, -0.2) is 0 Å². The van der Waals surface area contributed by atoms with E-state index in [9.17, 15) is 0 Å². The molecule has 0 bridgehead atoms. The van der Waals surface area contributed by atoms with E-state index < -0.39 is 0 Å². The molecule has 0 aromatic rings. The molecule has 0 radical (unpaired) electrons. The first-order valence-corrected chi connectivity index (χ1v) is 5.81. The Labute approximate surface area is 84.5 Å². The Morgan fingerprint density at radius 2 is 1.69 bits per heavy atom. The van der Waals surface area contributed by atoms with E-state index in [0.717, 1.165) is 5.92 Å². The zero-order valence-electron chi connectivity index (χ0n) is 9.97. The van der Waals surface area contributed by atoms with Crippen LogP contribution in [0.3, 0.4) is 0 Å². The molecule has 0 saturated heterocycles. The van der Waals surface area contributed by atoms with Gasteiger partial charge >= 0.3 is 0 Å². The minimum atomic E-state index is 0.916. The highest BCUT2D eigenvalue weighted by atomic mass is 15.0. The molecule has 13 heavy (non-hydrogen) atoms. The summed E-state index contributed by atoms with van der Waals surface area (Å²) < 4.78 is 0. The summed E-state index contributed by atoms with van der Waals surface area (Å²) in [6, 6.07) is 0. The van der Waals surface area contributed by atoms with Gasteiger partial charge in [-0.05, 0) is 33.0 Å². The standard InChI is InChI=1S/C12H27N/c1-5-6-7-8-9-12(2)10-11-13(3)4/h12H,5-11H2,1-4H3. The summed E-state index contributed by atoms with van der Waals surface area (Å²) in [5.74, 6) is 0.916. The van der Waals surface area contributed by atoms with E-state index in [0.29, 0.717) is 0 Å². The Hall–Kier alpha value is -0.0400. The molecule has 0 aliphatic carbocycles. The van der Waals surface area contributed by atoms with E-state index in [1.807, 2.05) is 0 Å². The largest absolute Gasteiger partial charge is 0.309 e. The van der Waals surface area contributed by atoms with Crippen molar-refractivity contribution in [1.82, 2.24) is 4.90 Å². The number of hydrogen-bond donors (Lipinski definition) is 0. The Bertz CT molecular complexity index is 99.3. The molecule has 1 nitrogen and oxygen atoms in total. The summed E-state index contributed by atoms with van der Waals surface area (Å²) in [6.07, 6.45) is 8.42. The highest BCUT2D eigenvalue weighted by Gasteiger charge is 2.01. The monoisotopic (exact) mass is 185 g/mol. The van der Waals surface area contributed by atoms with E-state index in [-0.39, 0.29) is 0 Å². The van der Waals surface area contributed by atoms with Crippen LogP contribution in [0.2, 0.25) is 0 Å². The van der Waals surface area contributed by atoms with Crippen molar-refractivity contribution in [3.63, 3.8) is 0 Å². The Morgan fingerprint density at radius 1 is 1.00 bits per heavy atom. The smallest absolute Gasteiger partial charge is 0.00223 e. The molecule has 0 N–H and O–H groups in total. The third-order valence-corrected chi connectivity index (χ3v) is 2.62. The zero-order chi connectivity index (χ0) is 10.1. The van der Waals surface area contributed by atoms with Gasteiger partial charge in [0, 0.05) is 0 Å². The van der Waals surface area contributed by atoms with E-state index in [4.69, 9.17) is 0 Å². The summed E-state index contributed by atoms with van der Waals surface area (Å²) in [4.78, 5) is 2.28. The van der Waals surface area contributed by atoms with Crippen molar-refractivity contribution in [3.8, 4) is 0 Å². The fraction of sp³-hybridized carbons (Fsp3) is 1.00. The summed E-state index contributed by atoms with van der Waals surface area (Å²) in [5.41, 5.74) is 0. The summed E-state index contributed by atoms with van der Waals surface area (Å²) in [7, 11) is 4.31. The maximum atomic E-state index is 2.38. The van der Waals surface area contributed by atoms with Crippen LogP contribution in [0.5, 0.6) is 0 Å². The third-order valence-electron chi connectivity index (χ3n) is 2.62. The van der Waals surface area contributed by atoms with Crippen molar-refractivity contribution in [1.29, 1.82) is 0 Å². The van der Waals surface area contributed by atoms with Gasteiger partial charge < -0.3 is 4.90 Å². The van der Waals surface area contributed by atoms with E-state index >= 15 is 0 Å². The lowest BCUT2D eigenvalue weighted by Gasteiger charge is -2.14. The van der Waals surface area contributed by atoms with E-state index in [1.54, 1.807) is 0 Å². The average Bonchev–Trinajstić information content (AvgIpc) is 2.09. The van der Waals surface area contributed by atoms with Crippen LogP contribution in [-0.2, 0) is 0 Å². The Kier molecular flexibility index (Phi) is 8.53. The van der Waals surface area contributed by atoms with Crippen molar-refractivity contribution in [3.05, 3.63) is 0 Å². The lowest BCUT2D eigenvalue weighted by molar-refractivity contribution is 0.346. The van der Waals surface area contributed by atoms with Gasteiger partial charge in [-0.3, -0.25) is 0 Å². The molecule has 0 spiro atoms. The fourth-order valence-electron chi connectivity index (χ4n) is 1.54. The molecule has 0 amide bonds. The predicted molar refractivity (Wildman–Crippen MR) is 61.1 cm³/mol. The van der Waals surface area contributed by atoms with Crippen molar-refractivity contribution >= 4 is 0 Å². The van der Waals surface area contributed by atoms with Crippen molar-refractivity contribution in [2.75, 3.05) is 20.6 Å². The van der Waals surface area contributed by atoms with Crippen molar-refractivity contribution in [2.45, 2.75) is 52.4 Å². The molecule has 1 atom stereocenters. The van der Waals surface area contributed by atoms with Crippen LogP contribution < -0.4 is 0 Å². The highest BCUT2D eigenvalue weighted by molar-refractivity contribution is 4.56. The van der Waals surface area contributed by atoms with Crippen LogP contribution in [0, 0.1) is 5.92 Å². The minimum Gasteiger partial charge on any atom is -0.309 e. The highest BCUT2D eigenvalue weighted by Crippen LogP contribution is 2.13. The van der Waals surface area contributed by atoms with Gasteiger partial charge in [0.05, 0.1) is 0 Å². The van der Waals surface area contributed by atoms with Gasteiger partial charge in [0.2, 0.25) is 0 Å². The molecule has 0 aliphatic rings. The van der Waals surface area contributed by atoms with Crippen molar-refractivity contribution < 1.29 is 0 Å². The Morgan fingerprint density at radius 3 is 2.23 bits per heavy atom. The molecule has 0 saturated carbocycles. The molecule has 80 valence electrons. The molecule has 1 heteroatoms. The fourth-order valence-corrected chi connectivity index (χ4v) is 1.54. The summed E-state index contributed by atoms with van der Waals surface area (Å²) in [5, 5.41) is 0. The van der Waals surface area contributed by atoms with E-state index in [1.165, 1.54) is 45.1 Å². The molecule has 0 aliphatic heterocycles. The lowest BCUT2D eigenvalue weighted by Crippen LogP contribution is -2.15. The second kappa shape index (κ2) is 8.55. The third kappa shape index (κ3) is 9.88. The molecule has 0 fully saturated rings. The van der Waals surface area contributed by atoms with Crippen LogP contribution in [0.1, 0.15) is 52.4 Å². The normalized spacial score (nSPS) is 13.6. The van der Waals surface area contributed by atoms with Crippen LogP contribution in [0.15, 0.2) is 0 Å². The van der Waals surface area contributed by atoms with Crippen molar-refractivity contribution in [2.24, 2.45) is 5.92 Å². The molecule has 0 heterocycles. The molecule has 0 aromatic heterocycles. The average molecular weight is 185 g/mol. The number of nitrogens with zero attached hydrogens (tertiary/aromatic N) is 1. The van der Waals surface area contributed by atoms with Crippen LogP contribution in [-0.4, -0.2) is 25.5 Å². The summed E-state index contributed by atoms with van der Waals surface area (Å²) >= 11 is 0. The van der Waals surface area contributed by atoms with Gasteiger partial charge in [-0.2, -0.15) is 0 Å². The van der Waals surface area contributed by atoms with Gasteiger partial charge in [-0.1, -0.05) is 46.0 Å². The van der Waals surface area contributed by atoms with Gasteiger partial charge in [0.25, 0.3) is 0 Å². The maximum Gasteiger partial charge on any atom is -0.00223 e. The predicted octanol–water partition coefficient (Wildman–Crippen LogP) is 3.54. The topological polar surface area (TPSA) is 3.24 Å². The van der Waals surface area contributed by atoms with Crippen LogP contribution >= 0.6 is 0 Å². The number of hydrogen-bond acceptors (Lipinski definition) is 1. The van der Waals surface area contributed by atoms with Crippen LogP contribution in [0.25, 0.3) is 0 Å². The van der Waals surface area contributed by atoms with Crippen LogP contribution in [0.4, 0.5) is 0 Å². The first-order valence-electron chi connectivity index (χ1n) is 5.81. The Balaban J connectivity index is 3.15. The lowest BCUT2D eigenvalue weighted by atomic mass is 9.99. The second-order valence-corrected chi connectivity index (χ2v) is 4.55. The SMILES string of the molecule is CCCCCCC(C)CCN(C)C. The number of rotatable bonds is 8. The van der Waals surface area contributed by atoms with Gasteiger partial charge in [0.1, 0.15) is 0 Å². The van der Waals surface area contributed by atoms with Gasteiger partial charge in [-0.15, -0.1) is 0 Å². The molecule has 0 rings (SSSR count). The molecule has 1 unspecified atom stereocenters. The minimum absolute atomic E-state index is 0.916. The number of unbranched alkanes of at least 4 members (excludes halogenated alkanes) is 3. The quantitative estimate of drug-likeness (QED) is 0.523. The molecular weight excluding hydrogens is 158 g/mol. The first kappa shape index (κ1) is 13.0. The second-order valence-electron chi connectivity index (χ2n) is 4.55. The zero-order valence-corrected chi connectivity index (χ0v) is 9.97. The molecule has 0 aromatic carbocycles. The van der Waals surface area contributed by atoms with E-state index in [2.05, 4.69) is 32.8 Å². The maximum absolute atomic E-state index is 2.38. The first-order chi connectivity index (χ1) is 6.16. The van der Waals surface area contributed by atoms with Gasteiger partial charge in [0.15, 0.2) is 0 Å².